The van der Waals surface area contributed by atoms with Crippen molar-refractivity contribution in [2.75, 3.05) is 39.3 Å². The molecule has 0 amide bonds. The van der Waals surface area contributed by atoms with E-state index in [4.69, 9.17) is 4.74 Å². The highest BCUT2D eigenvalue weighted by molar-refractivity contribution is 9.10. The molecule has 2 aromatic rings. The zero-order chi connectivity index (χ0) is 23.6. The molecule has 0 aromatic heterocycles. The summed E-state index contributed by atoms with van der Waals surface area (Å²) in [6.07, 6.45) is 6.99. The van der Waals surface area contributed by atoms with E-state index in [0.29, 0.717) is 5.92 Å². The minimum absolute atomic E-state index is 0.0327. The number of hydrogen-bond donors (Lipinski definition) is 0. The number of carbonyl (C=O) groups is 1. The van der Waals surface area contributed by atoms with Gasteiger partial charge in [-0.05, 0) is 56.1 Å². The molecule has 34 heavy (non-hydrogen) atoms. The predicted octanol–water partition coefficient (Wildman–Crippen LogP) is 5.55. The lowest BCUT2D eigenvalue weighted by Crippen LogP contribution is -2.65. The highest BCUT2D eigenvalue weighted by atomic mass is 79.9. The van der Waals surface area contributed by atoms with E-state index in [1.807, 2.05) is 18.2 Å². The fourth-order valence-electron chi connectivity index (χ4n) is 6.51. The van der Waals surface area contributed by atoms with E-state index in [9.17, 15) is 4.79 Å². The fourth-order valence-corrected chi connectivity index (χ4v) is 6.96. The average molecular weight is 527 g/mol. The van der Waals surface area contributed by atoms with Gasteiger partial charge >= 0.3 is 5.97 Å². The molecule has 0 saturated carbocycles. The van der Waals surface area contributed by atoms with E-state index in [-0.39, 0.29) is 12.1 Å². The van der Waals surface area contributed by atoms with Crippen LogP contribution in [0.5, 0.6) is 0 Å². The van der Waals surface area contributed by atoms with Crippen LogP contribution in [0.1, 0.15) is 50.2 Å². The van der Waals surface area contributed by atoms with Gasteiger partial charge in [-0.25, -0.2) is 4.79 Å². The minimum atomic E-state index is -0.713. The summed E-state index contributed by atoms with van der Waals surface area (Å²) < 4.78 is 8.73. The Labute approximate surface area is 213 Å². The molecule has 0 aliphatic carbocycles. The molecule has 2 atom stereocenters. The number of halogens is 1. The molecule has 4 fully saturated rings. The van der Waals surface area contributed by atoms with Gasteiger partial charge in [0.15, 0.2) is 6.10 Å². The van der Waals surface area contributed by atoms with E-state index in [2.05, 4.69) is 64.2 Å². The van der Waals surface area contributed by atoms with E-state index in [1.165, 1.54) is 37.9 Å². The second-order valence-electron chi connectivity index (χ2n) is 10.8. The molecule has 0 N–H and O–H groups in total. The smallest absolute Gasteiger partial charge is 0.331 e. The maximum atomic E-state index is 14.0. The van der Waals surface area contributed by atoms with Gasteiger partial charge in [-0.3, -0.25) is 4.90 Å². The van der Waals surface area contributed by atoms with Gasteiger partial charge in [-0.15, -0.1) is 0 Å². The van der Waals surface area contributed by atoms with Crippen LogP contribution in [0.15, 0.2) is 59.1 Å². The molecule has 0 radical (unpaired) electrons. The highest BCUT2D eigenvalue weighted by Crippen LogP contribution is 2.39. The summed E-state index contributed by atoms with van der Waals surface area (Å²) in [5.74, 6) is 0.459. The number of hydrogen-bond acceptors (Lipinski definition) is 3. The molecule has 0 spiro atoms. The molecule has 4 saturated heterocycles. The molecule has 4 nitrogen and oxygen atoms in total. The lowest BCUT2D eigenvalue weighted by atomic mass is 9.82. The topological polar surface area (TPSA) is 29.5 Å². The van der Waals surface area contributed by atoms with Gasteiger partial charge in [0.2, 0.25) is 0 Å². The standard InChI is InChI=1S/C29H38BrN2O2/c1-29(25-10-4-2-5-11-25,31-16-6-3-7-17-31)28(33)34-27-22-32(19-14-24(27)15-20-32)18-13-23-9-8-12-26(30)21-23/h2,4-5,8-12,21,24,27H,3,6-7,13-20,22H2,1H3/q+1/t24?,27-,29+,32?/m1/s1. The van der Waals surface area contributed by atoms with Gasteiger partial charge in [0.25, 0.3) is 0 Å². The molecule has 2 bridgehead atoms. The Hall–Kier alpha value is -1.69. The number of rotatable bonds is 7. The summed E-state index contributed by atoms with van der Waals surface area (Å²) in [7, 11) is 0. The largest absolute Gasteiger partial charge is 0.454 e. The summed E-state index contributed by atoms with van der Waals surface area (Å²) in [6.45, 7) is 8.54. The maximum absolute atomic E-state index is 14.0. The quantitative estimate of drug-likeness (QED) is 0.350. The van der Waals surface area contributed by atoms with E-state index >= 15 is 0 Å². The van der Waals surface area contributed by atoms with Crippen LogP contribution >= 0.6 is 15.9 Å². The van der Waals surface area contributed by atoms with E-state index < -0.39 is 5.54 Å². The Kier molecular flexibility index (Phi) is 7.15. The number of quaternary nitrogens is 1. The van der Waals surface area contributed by atoms with Crippen molar-refractivity contribution in [3.63, 3.8) is 0 Å². The lowest BCUT2D eigenvalue weighted by molar-refractivity contribution is -0.946. The summed E-state index contributed by atoms with van der Waals surface area (Å²) in [4.78, 5) is 16.3. The number of fused-ring (bicyclic) bond motifs is 3. The summed E-state index contributed by atoms with van der Waals surface area (Å²) in [5, 5.41) is 0. The molecule has 4 heterocycles. The minimum Gasteiger partial charge on any atom is -0.454 e. The summed E-state index contributed by atoms with van der Waals surface area (Å²) in [6, 6.07) is 19.0. The van der Waals surface area contributed by atoms with Crippen molar-refractivity contribution in [2.24, 2.45) is 5.92 Å². The van der Waals surface area contributed by atoms with Crippen molar-refractivity contribution in [3.05, 3.63) is 70.2 Å². The number of benzene rings is 2. The fraction of sp³-hybridized carbons (Fsp3) is 0.552. The summed E-state index contributed by atoms with van der Waals surface area (Å²) >= 11 is 3.61. The second-order valence-corrected chi connectivity index (χ2v) is 11.8. The van der Waals surface area contributed by atoms with Crippen LogP contribution in [-0.4, -0.2) is 60.7 Å². The third kappa shape index (κ3) is 4.84. The number of esters is 1. The average Bonchev–Trinajstić information content (AvgIpc) is 2.89. The molecule has 2 aromatic carbocycles. The van der Waals surface area contributed by atoms with Crippen LogP contribution in [0, 0.1) is 5.92 Å². The second kappa shape index (κ2) is 10.1. The van der Waals surface area contributed by atoms with Crippen molar-refractivity contribution >= 4 is 21.9 Å². The van der Waals surface area contributed by atoms with E-state index in [1.54, 1.807) is 0 Å². The zero-order valence-electron chi connectivity index (χ0n) is 20.4. The van der Waals surface area contributed by atoms with Crippen LogP contribution in [-0.2, 0) is 21.5 Å². The SMILES string of the molecule is C[C@@](C(=O)O[C@@H]1C[N+]2(CCc3cccc(Br)c3)CCC1CC2)(c1ccccc1)N1CCCCC1. The van der Waals surface area contributed by atoms with Gasteiger partial charge in [0.05, 0.1) is 19.6 Å². The number of likely N-dealkylation sites (tertiary alicyclic amines) is 1. The molecule has 182 valence electrons. The Balaban J connectivity index is 1.31. The van der Waals surface area contributed by atoms with Crippen LogP contribution < -0.4 is 0 Å². The van der Waals surface area contributed by atoms with Gasteiger partial charge in [-0.1, -0.05) is 64.8 Å². The van der Waals surface area contributed by atoms with Crippen LogP contribution in [0.3, 0.4) is 0 Å². The number of piperidine rings is 4. The van der Waals surface area contributed by atoms with Gasteiger partial charge in [0, 0.05) is 29.7 Å². The van der Waals surface area contributed by atoms with Crippen LogP contribution in [0.25, 0.3) is 0 Å². The first-order chi connectivity index (χ1) is 16.5. The Morgan fingerprint density at radius 3 is 2.50 bits per heavy atom. The Morgan fingerprint density at radius 2 is 1.79 bits per heavy atom. The molecule has 4 aliphatic heterocycles. The van der Waals surface area contributed by atoms with Crippen molar-refractivity contribution < 1.29 is 14.0 Å². The summed E-state index contributed by atoms with van der Waals surface area (Å²) in [5.41, 5.74) is 1.72. The van der Waals surface area contributed by atoms with Crippen LogP contribution in [0.4, 0.5) is 0 Å². The predicted molar refractivity (Wildman–Crippen MR) is 139 cm³/mol. The Morgan fingerprint density at radius 1 is 1.06 bits per heavy atom. The first-order valence-electron chi connectivity index (χ1n) is 13.1. The maximum Gasteiger partial charge on any atom is 0.331 e. The third-order valence-electron chi connectivity index (χ3n) is 8.79. The van der Waals surface area contributed by atoms with Gasteiger partial charge < -0.3 is 9.22 Å². The molecule has 6 rings (SSSR count). The van der Waals surface area contributed by atoms with Crippen LogP contribution in [0.2, 0.25) is 0 Å². The van der Waals surface area contributed by atoms with Gasteiger partial charge in [0.1, 0.15) is 12.1 Å². The first-order valence-corrected chi connectivity index (χ1v) is 13.9. The van der Waals surface area contributed by atoms with E-state index in [0.717, 1.165) is 60.0 Å². The van der Waals surface area contributed by atoms with Crippen molar-refractivity contribution in [1.29, 1.82) is 0 Å². The molecular formula is C29H38BrN2O2+. The zero-order valence-corrected chi connectivity index (χ0v) is 22.0. The Bertz CT molecular complexity index is 983. The monoisotopic (exact) mass is 525 g/mol. The molecular weight excluding hydrogens is 488 g/mol. The molecule has 5 heteroatoms. The normalized spacial score (nSPS) is 28.9. The highest BCUT2D eigenvalue weighted by Gasteiger charge is 2.50. The number of ether oxygens (including phenoxy) is 1. The lowest BCUT2D eigenvalue weighted by Gasteiger charge is -2.53. The molecule has 4 aliphatic rings. The third-order valence-corrected chi connectivity index (χ3v) is 9.28. The molecule has 0 unspecified atom stereocenters. The number of nitrogens with zero attached hydrogens (tertiary/aromatic N) is 2. The van der Waals surface area contributed by atoms with Gasteiger partial charge in [-0.2, -0.15) is 0 Å². The van der Waals surface area contributed by atoms with Crippen molar-refractivity contribution in [1.82, 2.24) is 4.90 Å². The number of carbonyl (C=O) groups excluding carboxylic acids is 1. The van der Waals surface area contributed by atoms with Crippen molar-refractivity contribution in [3.8, 4) is 0 Å². The van der Waals surface area contributed by atoms with Crippen molar-refractivity contribution in [2.45, 2.75) is 57.1 Å². The first kappa shape index (κ1) is 24.0.